The summed E-state index contributed by atoms with van der Waals surface area (Å²) in [6.07, 6.45) is 1.37. The molecule has 0 amide bonds. The van der Waals surface area contributed by atoms with Crippen LogP contribution >= 0.6 is 0 Å². The Morgan fingerprint density at radius 3 is 2.71 bits per heavy atom. The van der Waals surface area contributed by atoms with Crippen LogP contribution in [0, 0.1) is 5.92 Å². The van der Waals surface area contributed by atoms with Gasteiger partial charge in [0.1, 0.15) is 0 Å². The first-order valence-corrected chi connectivity index (χ1v) is 6.51. The molecule has 1 N–H and O–H groups in total. The molecule has 0 bridgehead atoms. The molecule has 2 heteroatoms. The van der Waals surface area contributed by atoms with Crippen LogP contribution < -0.4 is 17.3 Å². The molecular weight excluding hydrogens is 230 g/mol. The number of quaternary nitrogens is 1. The molecule has 2 aliphatic rings. The highest BCUT2D eigenvalue weighted by molar-refractivity contribution is 5.43. The smallest absolute Gasteiger partial charge is 0.0811 e. The molecule has 0 spiro atoms. The van der Waals surface area contributed by atoms with Crippen molar-refractivity contribution in [3.8, 4) is 0 Å². The molecule has 17 heavy (non-hydrogen) atoms. The van der Waals surface area contributed by atoms with Crippen LogP contribution in [-0.2, 0) is 5.41 Å². The lowest BCUT2D eigenvalue weighted by Crippen LogP contribution is -3.11. The second kappa shape index (κ2) is 4.29. The van der Waals surface area contributed by atoms with E-state index in [0.29, 0.717) is 5.41 Å². The summed E-state index contributed by atoms with van der Waals surface area (Å²) in [5.41, 5.74) is 3.63. The predicted octanol–water partition coefficient (Wildman–Crippen LogP) is -1.40. The zero-order valence-electron chi connectivity index (χ0n) is 11.0. The molecule has 3 unspecified atom stereocenters. The van der Waals surface area contributed by atoms with Gasteiger partial charge in [-0.15, -0.1) is 0 Å². The van der Waals surface area contributed by atoms with E-state index < -0.39 is 0 Å². The van der Waals surface area contributed by atoms with Gasteiger partial charge in [0.15, 0.2) is 0 Å². The van der Waals surface area contributed by atoms with Crippen LogP contribution in [0.25, 0.3) is 0 Å². The lowest BCUT2D eigenvalue weighted by Gasteiger charge is -2.36. The summed E-state index contributed by atoms with van der Waals surface area (Å²) in [6, 6.07) is 9.13. The molecule has 0 aromatic heterocycles. The molecule has 1 nitrogen and oxygen atoms in total. The van der Waals surface area contributed by atoms with E-state index in [1.807, 2.05) is 0 Å². The predicted molar refractivity (Wildman–Crippen MR) is 66.9 cm³/mol. The minimum atomic E-state index is 0. The fourth-order valence-corrected chi connectivity index (χ4v) is 3.96. The lowest BCUT2D eigenvalue weighted by molar-refractivity contribution is -0.889. The van der Waals surface area contributed by atoms with Crippen LogP contribution in [0.15, 0.2) is 24.3 Å². The Labute approximate surface area is 111 Å². The number of fused-ring (bicyclic) bond motifs is 3. The van der Waals surface area contributed by atoms with Gasteiger partial charge in [-0.2, -0.15) is 0 Å². The number of hydrogen-bond donors (Lipinski definition) is 1. The van der Waals surface area contributed by atoms with Crippen LogP contribution in [-0.4, -0.2) is 20.1 Å². The molecule has 0 saturated carbocycles. The minimum absolute atomic E-state index is 0. The average molecular weight is 252 g/mol. The molecule has 1 fully saturated rings. The van der Waals surface area contributed by atoms with E-state index in [1.165, 1.54) is 19.5 Å². The first kappa shape index (κ1) is 12.9. The molecule has 1 heterocycles. The molecule has 1 saturated heterocycles. The van der Waals surface area contributed by atoms with Gasteiger partial charge >= 0.3 is 0 Å². The summed E-state index contributed by atoms with van der Waals surface area (Å²) < 4.78 is 0. The highest BCUT2D eigenvalue weighted by atomic mass is 35.5. The van der Waals surface area contributed by atoms with Crippen LogP contribution in [0.1, 0.15) is 37.3 Å². The maximum atomic E-state index is 2.44. The van der Waals surface area contributed by atoms with Gasteiger partial charge in [-0.1, -0.05) is 38.1 Å². The van der Waals surface area contributed by atoms with Crippen molar-refractivity contribution in [2.45, 2.75) is 31.6 Å². The topological polar surface area (TPSA) is 4.44 Å². The number of benzene rings is 1. The maximum absolute atomic E-state index is 2.44. The highest BCUT2D eigenvalue weighted by Gasteiger charge is 2.49. The van der Waals surface area contributed by atoms with Gasteiger partial charge < -0.3 is 17.3 Å². The van der Waals surface area contributed by atoms with E-state index in [1.54, 1.807) is 16.0 Å². The Kier molecular flexibility index (Phi) is 3.26. The van der Waals surface area contributed by atoms with Crippen LogP contribution in [0.5, 0.6) is 0 Å². The van der Waals surface area contributed by atoms with Gasteiger partial charge in [0, 0.05) is 12.3 Å². The second-order valence-electron chi connectivity index (χ2n) is 6.22. The largest absolute Gasteiger partial charge is 1.00 e. The Morgan fingerprint density at radius 1 is 1.24 bits per heavy atom. The molecule has 3 atom stereocenters. The van der Waals surface area contributed by atoms with Crippen LogP contribution in [0.2, 0.25) is 0 Å². The summed E-state index contributed by atoms with van der Waals surface area (Å²) >= 11 is 0. The normalized spacial score (nSPS) is 33.5. The van der Waals surface area contributed by atoms with Gasteiger partial charge in [-0.25, -0.2) is 0 Å². The number of nitrogens with one attached hydrogen (secondary N) is 1. The van der Waals surface area contributed by atoms with E-state index in [2.05, 4.69) is 45.2 Å². The van der Waals surface area contributed by atoms with Crippen LogP contribution in [0.3, 0.4) is 0 Å². The molecule has 1 aromatic rings. The Bertz CT molecular complexity index is 413. The number of likely N-dealkylation sites (tertiary alicyclic amines) is 1. The summed E-state index contributed by atoms with van der Waals surface area (Å²) in [4.78, 5) is 1.71. The molecular formula is C15H22ClN. The molecule has 0 radical (unpaired) electrons. The van der Waals surface area contributed by atoms with Crippen molar-refractivity contribution in [2.24, 2.45) is 5.92 Å². The quantitative estimate of drug-likeness (QED) is 0.579. The van der Waals surface area contributed by atoms with E-state index in [4.69, 9.17) is 0 Å². The van der Waals surface area contributed by atoms with E-state index >= 15 is 0 Å². The summed E-state index contributed by atoms with van der Waals surface area (Å²) in [5.74, 6) is 1.67. The Hall–Kier alpha value is -0.530. The molecule has 1 aliphatic carbocycles. The van der Waals surface area contributed by atoms with Crippen molar-refractivity contribution < 1.29 is 17.3 Å². The third-order valence-corrected chi connectivity index (χ3v) is 4.92. The Balaban J connectivity index is 0.00000108. The number of halogens is 1. The van der Waals surface area contributed by atoms with Gasteiger partial charge in [0.2, 0.25) is 0 Å². The van der Waals surface area contributed by atoms with E-state index in [9.17, 15) is 0 Å². The molecule has 1 aromatic carbocycles. The molecule has 3 rings (SSSR count). The SMILES string of the molecule is C[NH+]1CCC2c3ccccc3C(C)(C)C2C1.[Cl-]. The fraction of sp³-hybridized carbons (Fsp3) is 0.600. The molecule has 94 valence electrons. The first-order chi connectivity index (χ1) is 7.60. The number of rotatable bonds is 0. The van der Waals surface area contributed by atoms with Crippen LogP contribution in [0.4, 0.5) is 0 Å². The van der Waals surface area contributed by atoms with Gasteiger partial charge in [0.25, 0.3) is 0 Å². The van der Waals surface area contributed by atoms with Crippen molar-refractivity contribution in [3.63, 3.8) is 0 Å². The number of hydrogen-bond acceptors (Lipinski definition) is 0. The van der Waals surface area contributed by atoms with Crippen molar-refractivity contribution in [2.75, 3.05) is 20.1 Å². The minimum Gasteiger partial charge on any atom is -1.00 e. The lowest BCUT2D eigenvalue weighted by atomic mass is 9.73. The van der Waals surface area contributed by atoms with Gasteiger partial charge in [-0.3, -0.25) is 0 Å². The zero-order valence-corrected chi connectivity index (χ0v) is 11.7. The second-order valence-corrected chi connectivity index (χ2v) is 6.22. The van der Waals surface area contributed by atoms with Gasteiger partial charge in [-0.05, 0) is 22.5 Å². The molecule has 1 aliphatic heterocycles. The van der Waals surface area contributed by atoms with Crippen molar-refractivity contribution in [3.05, 3.63) is 35.4 Å². The first-order valence-electron chi connectivity index (χ1n) is 6.51. The van der Waals surface area contributed by atoms with Gasteiger partial charge in [0.05, 0.1) is 20.1 Å². The summed E-state index contributed by atoms with van der Waals surface area (Å²) in [5, 5.41) is 0. The van der Waals surface area contributed by atoms with E-state index in [-0.39, 0.29) is 12.4 Å². The summed E-state index contributed by atoms with van der Waals surface area (Å²) in [6.45, 7) is 7.56. The zero-order chi connectivity index (χ0) is 11.3. The monoisotopic (exact) mass is 251 g/mol. The van der Waals surface area contributed by atoms with Crippen molar-refractivity contribution in [1.29, 1.82) is 0 Å². The Morgan fingerprint density at radius 2 is 1.94 bits per heavy atom. The number of piperidine rings is 1. The fourth-order valence-electron chi connectivity index (χ4n) is 3.96. The summed E-state index contributed by atoms with van der Waals surface area (Å²) in [7, 11) is 2.34. The average Bonchev–Trinajstić information content (AvgIpc) is 2.49. The van der Waals surface area contributed by atoms with E-state index in [0.717, 1.165) is 11.8 Å². The van der Waals surface area contributed by atoms with Crippen molar-refractivity contribution >= 4 is 0 Å². The highest BCUT2D eigenvalue weighted by Crippen LogP contribution is 2.51. The standard InChI is InChI=1S/C15H21N.ClH/c1-15(2)13-7-5-4-6-11(13)12-8-9-16(3)10-14(12)15;/h4-7,12,14H,8-10H2,1-3H3;1H. The third kappa shape index (κ3) is 1.80. The maximum Gasteiger partial charge on any atom is 0.0811 e. The third-order valence-electron chi connectivity index (χ3n) is 4.92. The van der Waals surface area contributed by atoms with Crippen molar-refractivity contribution in [1.82, 2.24) is 0 Å².